The summed E-state index contributed by atoms with van der Waals surface area (Å²) in [6, 6.07) is 4.23. The van der Waals surface area contributed by atoms with Crippen molar-refractivity contribution in [1.82, 2.24) is 4.98 Å². The van der Waals surface area contributed by atoms with Crippen LogP contribution in [0.1, 0.15) is 33.1 Å². The summed E-state index contributed by atoms with van der Waals surface area (Å²) in [7, 11) is 0. The zero-order chi connectivity index (χ0) is 11.4. The third-order valence-electron chi connectivity index (χ3n) is 4.02. The summed E-state index contributed by atoms with van der Waals surface area (Å²) in [5.74, 6) is 1.82. The Morgan fingerprint density at radius 3 is 2.50 bits per heavy atom. The zero-order valence-electron chi connectivity index (χ0n) is 10.4. The second-order valence-electron chi connectivity index (χ2n) is 4.92. The molecule has 0 aromatic carbocycles. The van der Waals surface area contributed by atoms with E-state index >= 15 is 0 Å². The quantitative estimate of drug-likeness (QED) is 0.773. The summed E-state index contributed by atoms with van der Waals surface area (Å²) in [5, 5.41) is 0. The van der Waals surface area contributed by atoms with Gasteiger partial charge in [0, 0.05) is 31.2 Å². The highest BCUT2D eigenvalue weighted by Gasteiger charge is 2.22. The van der Waals surface area contributed by atoms with Gasteiger partial charge >= 0.3 is 0 Å². The lowest BCUT2D eigenvalue weighted by molar-refractivity contribution is 0.286. The first-order valence-electron chi connectivity index (χ1n) is 6.46. The normalized spacial score (nSPS) is 19.8. The second-order valence-corrected chi connectivity index (χ2v) is 4.92. The lowest BCUT2D eigenvalue weighted by atomic mass is 9.84. The Labute approximate surface area is 98.7 Å². The maximum atomic E-state index is 4.07. The Kier molecular flexibility index (Phi) is 3.81. The molecule has 2 heteroatoms. The maximum absolute atomic E-state index is 4.07. The van der Waals surface area contributed by atoms with Crippen molar-refractivity contribution in [3.05, 3.63) is 24.5 Å². The Hall–Kier alpha value is -1.05. The number of pyridine rings is 1. The predicted molar refractivity (Wildman–Crippen MR) is 68.6 cm³/mol. The van der Waals surface area contributed by atoms with Gasteiger partial charge in [-0.1, -0.05) is 20.3 Å². The van der Waals surface area contributed by atoms with Gasteiger partial charge in [0.05, 0.1) is 0 Å². The van der Waals surface area contributed by atoms with Crippen LogP contribution < -0.4 is 4.90 Å². The molecule has 1 unspecified atom stereocenters. The van der Waals surface area contributed by atoms with Gasteiger partial charge in [-0.3, -0.25) is 4.98 Å². The topological polar surface area (TPSA) is 16.1 Å². The van der Waals surface area contributed by atoms with Crippen LogP contribution in [-0.2, 0) is 0 Å². The fraction of sp³-hybridized carbons (Fsp3) is 0.643. The molecule has 1 aliphatic rings. The average molecular weight is 218 g/mol. The van der Waals surface area contributed by atoms with Crippen molar-refractivity contribution in [3.8, 4) is 0 Å². The summed E-state index contributed by atoms with van der Waals surface area (Å²) in [6.45, 7) is 7.12. The van der Waals surface area contributed by atoms with E-state index in [-0.39, 0.29) is 0 Å². The number of nitrogens with zero attached hydrogens (tertiary/aromatic N) is 2. The van der Waals surface area contributed by atoms with Crippen molar-refractivity contribution in [3.63, 3.8) is 0 Å². The van der Waals surface area contributed by atoms with Crippen LogP contribution in [0, 0.1) is 11.8 Å². The number of aromatic nitrogens is 1. The van der Waals surface area contributed by atoms with Crippen LogP contribution in [0.2, 0.25) is 0 Å². The molecule has 1 aliphatic heterocycles. The zero-order valence-corrected chi connectivity index (χ0v) is 10.4. The second kappa shape index (κ2) is 5.33. The van der Waals surface area contributed by atoms with Gasteiger partial charge in [0.25, 0.3) is 0 Å². The van der Waals surface area contributed by atoms with Crippen molar-refractivity contribution in [2.45, 2.75) is 33.1 Å². The van der Waals surface area contributed by atoms with Gasteiger partial charge in [-0.25, -0.2) is 0 Å². The van der Waals surface area contributed by atoms with Crippen molar-refractivity contribution in [1.29, 1.82) is 0 Å². The SMILES string of the molecule is CCC(C)C1CCN(c2ccncc2)CC1. The van der Waals surface area contributed by atoms with Gasteiger partial charge in [0.1, 0.15) is 0 Å². The Balaban J connectivity index is 1.91. The van der Waals surface area contributed by atoms with Crippen LogP contribution in [0.4, 0.5) is 5.69 Å². The summed E-state index contributed by atoms with van der Waals surface area (Å²) in [5.41, 5.74) is 1.33. The highest BCUT2D eigenvalue weighted by atomic mass is 15.1. The minimum absolute atomic E-state index is 0.889. The molecule has 1 saturated heterocycles. The molecule has 88 valence electrons. The van der Waals surface area contributed by atoms with Gasteiger partial charge < -0.3 is 4.90 Å². The minimum atomic E-state index is 0.889. The summed E-state index contributed by atoms with van der Waals surface area (Å²) in [6.07, 6.45) is 7.78. The average Bonchev–Trinajstić information content (AvgIpc) is 2.39. The van der Waals surface area contributed by atoms with Crippen molar-refractivity contribution >= 4 is 5.69 Å². The van der Waals surface area contributed by atoms with E-state index in [9.17, 15) is 0 Å². The highest BCUT2D eigenvalue weighted by molar-refractivity contribution is 5.44. The third-order valence-corrected chi connectivity index (χ3v) is 4.02. The molecule has 0 amide bonds. The molecule has 2 rings (SSSR count). The molecule has 0 radical (unpaired) electrons. The fourth-order valence-electron chi connectivity index (χ4n) is 2.61. The summed E-state index contributed by atoms with van der Waals surface area (Å²) < 4.78 is 0. The number of piperidine rings is 1. The number of anilines is 1. The van der Waals surface area contributed by atoms with Crippen LogP contribution in [0.15, 0.2) is 24.5 Å². The summed E-state index contributed by atoms with van der Waals surface area (Å²) >= 11 is 0. The Morgan fingerprint density at radius 2 is 1.94 bits per heavy atom. The first-order valence-corrected chi connectivity index (χ1v) is 6.46. The van der Waals surface area contributed by atoms with Crippen molar-refractivity contribution in [2.24, 2.45) is 11.8 Å². The largest absolute Gasteiger partial charge is 0.371 e. The van der Waals surface area contributed by atoms with Gasteiger partial charge in [-0.2, -0.15) is 0 Å². The molecule has 2 heterocycles. The van der Waals surface area contributed by atoms with E-state index in [1.54, 1.807) is 0 Å². The van der Waals surface area contributed by atoms with E-state index in [1.165, 1.54) is 38.0 Å². The molecule has 0 spiro atoms. The Morgan fingerprint density at radius 1 is 1.31 bits per heavy atom. The molecular formula is C14H22N2. The molecule has 1 aromatic heterocycles. The smallest absolute Gasteiger partial charge is 0.0397 e. The van der Waals surface area contributed by atoms with E-state index in [0.29, 0.717) is 0 Å². The van der Waals surface area contributed by atoms with E-state index in [1.807, 2.05) is 12.4 Å². The molecular weight excluding hydrogens is 196 g/mol. The monoisotopic (exact) mass is 218 g/mol. The first-order chi connectivity index (χ1) is 7.81. The molecule has 0 N–H and O–H groups in total. The van der Waals surface area contributed by atoms with Crippen LogP contribution in [-0.4, -0.2) is 18.1 Å². The number of hydrogen-bond acceptors (Lipinski definition) is 2. The minimum Gasteiger partial charge on any atom is -0.371 e. The van der Waals surface area contributed by atoms with Crippen LogP contribution in [0.25, 0.3) is 0 Å². The molecule has 0 bridgehead atoms. The van der Waals surface area contributed by atoms with E-state index in [2.05, 4.69) is 35.9 Å². The molecule has 2 nitrogen and oxygen atoms in total. The lowest BCUT2D eigenvalue weighted by Gasteiger charge is -2.36. The van der Waals surface area contributed by atoms with Crippen molar-refractivity contribution in [2.75, 3.05) is 18.0 Å². The standard InChI is InChI=1S/C14H22N2/c1-3-12(2)13-6-10-16(11-7-13)14-4-8-15-9-5-14/h4-5,8-9,12-13H,3,6-7,10-11H2,1-2H3. The van der Waals surface area contributed by atoms with Gasteiger partial charge in [-0.15, -0.1) is 0 Å². The first kappa shape index (κ1) is 11.4. The van der Waals surface area contributed by atoms with Gasteiger partial charge in [0.15, 0.2) is 0 Å². The van der Waals surface area contributed by atoms with E-state index in [4.69, 9.17) is 0 Å². The number of hydrogen-bond donors (Lipinski definition) is 0. The van der Waals surface area contributed by atoms with Crippen LogP contribution in [0.3, 0.4) is 0 Å². The summed E-state index contributed by atoms with van der Waals surface area (Å²) in [4.78, 5) is 6.56. The van der Waals surface area contributed by atoms with E-state index in [0.717, 1.165) is 11.8 Å². The highest BCUT2D eigenvalue weighted by Crippen LogP contribution is 2.28. The van der Waals surface area contributed by atoms with Gasteiger partial charge in [-0.05, 0) is 36.8 Å². The molecule has 1 aromatic rings. The van der Waals surface area contributed by atoms with Crippen molar-refractivity contribution < 1.29 is 0 Å². The van der Waals surface area contributed by atoms with Crippen LogP contribution in [0.5, 0.6) is 0 Å². The van der Waals surface area contributed by atoms with Gasteiger partial charge in [0.2, 0.25) is 0 Å². The lowest BCUT2D eigenvalue weighted by Crippen LogP contribution is -2.35. The molecule has 1 fully saturated rings. The molecule has 0 saturated carbocycles. The fourth-order valence-corrected chi connectivity index (χ4v) is 2.61. The van der Waals surface area contributed by atoms with E-state index < -0.39 is 0 Å². The number of rotatable bonds is 3. The predicted octanol–water partition coefficient (Wildman–Crippen LogP) is 3.34. The maximum Gasteiger partial charge on any atom is 0.0397 e. The molecule has 0 aliphatic carbocycles. The third kappa shape index (κ3) is 2.55. The molecule has 1 atom stereocenters. The Bertz CT molecular complexity index is 302. The van der Waals surface area contributed by atoms with Crippen LogP contribution >= 0.6 is 0 Å². The molecule has 16 heavy (non-hydrogen) atoms.